The first-order valence-electron chi connectivity index (χ1n) is 13.8. The summed E-state index contributed by atoms with van der Waals surface area (Å²) in [6, 6.07) is 5.53. The van der Waals surface area contributed by atoms with Crippen LogP contribution in [0.3, 0.4) is 0 Å². The van der Waals surface area contributed by atoms with Crippen LogP contribution in [0.15, 0.2) is 35.3 Å². The number of hydrogen-bond donors (Lipinski definition) is 2. The summed E-state index contributed by atoms with van der Waals surface area (Å²) in [7, 11) is 4.86. The smallest absolute Gasteiger partial charge is 0.312 e. The molecule has 2 aromatic heterocycles. The minimum atomic E-state index is -1.14. The molecule has 1 aromatic carbocycles. The van der Waals surface area contributed by atoms with Gasteiger partial charge in [-0.2, -0.15) is 5.10 Å². The van der Waals surface area contributed by atoms with E-state index in [2.05, 4.69) is 15.4 Å². The third-order valence-corrected chi connectivity index (χ3v) is 8.74. The van der Waals surface area contributed by atoms with Gasteiger partial charge in [-0.1, -0.05) is 12.1 Å². The van der Waals surface area contributed by atoms with Crippen LogP contribution in [-0.2, 0) is 41.8 Å². The fourth-order valence-corrected chi connectivity index (χ4v) is 5.93. The van der Waals surface area contributed by atoms with E-state index < -0.39 is 46.1 Å². The highest BCUT2D eigenvalue weighted by atomic mass is 19.1. The number of aromatic hydroxyl groups is 1. The summed E-state index contributed by atoms with van der Waals surface area (Å²) in [5.74, 6) is -3.20. The Balaban J connectivity index is 1.46. The van der Waals surface area contributed by atoms with Crippen LogP contribution in [-0.4, -0.2) is 66.1 Å². The van der Waals surface area contributed by atoms with Crippen LogP contribution in [0.4, 0.5) is 4.39 Å². The Morgan fingerprint density at radius 3 is 2.43 bits per heavy atom. The highest BCUT2D eigenvalue weighted by Crippen LogP contribution is 2.46. The van der Waals surface area contributed by atoms with Gasteiger partial charge in [0.05, 0.1) is 6.20 Å². The molecule has 0 saturated heterocycles. The van der Waals surface area contributed by atoms with Crippen molar-refractivity contribution in [3.63, 3.8) is 0 Å². The number of nitrogens with one attached hydrogen (secondary N) is 1. The molecule has 1 fully saturated rings. The summed E-state index contributed by atoms with van der Waals surface area (Å²) in [4.78, 5) is 60.7. The molecule has 1 saturated carbocycles. The van der Waals surface area contributed by atoms with Crippen LogP contribution in [0.25, 0.3) is 0 Å². The Kier molecular flexibility index (Phi) is 7.60. The van der Waals surface area contributed by atoms with Crippen LogP contribution in [0, 0.1) is 18.7 Å². The predicted octanol–water partition coefficient (Wildman–Crippen LogP) is 1.58. The number of hydrogen-bond acceptors (Lipinski definition) is 7. The van der Waals surface area contributed by atoms with Crippen LogP contribution in [0.2, 0.25) is 0 Å². The van der Waals surface area contributed by atoms with Gasteiger partial charge in [0.15, 0.2) is 5.69 Å². The Bertz CT molecular complexity index is 1610. The number of rotatable bonds is 6. The van der Waals surface area contributed by atoms with E-state index in [9.17, 15) is 28.7 Å². The summed E-state index contributed by atoms with van der Waals surface area (Å²) in [5.41, 5.74) is -0.0824. The molecule has 2 bridgehead atoms. The fourth-order valence-electron chi connectivity index (χ4n) is 5.93. The maximum Gasteiger partial charge on any atom is 0.312 e. The summed E-state index contributed by atoms with van der Waals surface area (Å²) in [6.07, 6.45) is 3.87. The Labute approximate surface area is 241 Å². The highest BCUT2D eigenvalue weighted by molar-refractivity contribution is 6.34. The average molecular weight is 580 g/mol. The van der Waals surface area contributed by atoms with Gasteiger partial charge in [0.2, 0.25) is 5.75 Å². The molecule has 0 radical (unpaired) electrons. The lowest BCUT2D eigenvalue weighted by Crippen LogP contribution is -2.54. The normalized spacial score (nSPS) is 19.1. The first-order valence-corrected chi connectivity index (χ1v) is 13.8. The van der Waals surface area contributed by atoms with Crippen molar-refractivity contribution in [1.82, 2.24) is 34.4 Å². The summed E-state index contributed by atoms with van der Waals surface area (Å²) in [5, 5.41) is 17.6. The van der Waals surface area contributed by atoms with E-state index in [1.807, 2.05) is 6.92 Å². The molecular formula is C29H34FN7O5. The Morgan fingerprint density at radius 2 is 1.81 bits per heavy atom. The van der Waals surface area contributed by atoms with Crippen LogP contribution < -0.4 is 10.9 Å². The lowest BCUT2D eigenvalue weighted by molar-refractivity contribution is -0.155. The number of nitrogens with zero attached hydrogens (tertiary/aromatic N) is 6. The maximum absolute atomic E-state index is 13.7. The van der Waals surface area contributed by atoms with E-state index in [0.29, 0.717) is 31.2 Å². The second kappa shape index (κ2) is 11.0. The van der Waals surface area contributed by atoms with Gasteiger partial charge in [-0.3, -0.25) is 28.4 Å². The Hall–Kier alpha value is -4.55. The molecule has 0 atom stereocenters. The lowest BCUT2D eigenvalue weighted by atomic mass is 9.76. The molecule has 0 spiro atoms. The second-order valence-electron chi connectivity index (χ2n) is 11.2. The number of aromatic nitrogens is 4. The predicted molar refractivity (Wildman–Crippen MR) is 149 cm³/mol. The maximum atomic E-state index is 13.7. The standard InChI is InChI=1S/C29H34FN7O5/c1-17-20(14-32-36(17)4)16-34(2)26(41)27(42)35(3)29-11-9-19(10-12-29)15-37-25(40)23(38)22(33-28(29)37)24(39)31-13-18-5-7-21(30)8-6-18/h5-8,14,19,38H,9-13,15-16H2,1-4H3,(H,31,39). The largest absolute Gasteiger partial charge is 0.501 e. The number of amides is 3. The van der Waals surface area contributed by atoms with E-state index in [0.717, 1.165) is 11.3 Å². The van der Waals surface area contributed by atoms with Crippen molar-refractivity contribution in [2.45, 2.75) is 57.8 Å². The number of halogens is 1. The van der Waals surface area contributed by atoms with E-state index in [1.165, 1.54) is 45.7 Å². The average Bonchev–Trinajstić information content (AvgIpc) is 3.14. The molecule has 6 rings (SSSR count). The van der Waals surface area contributed by atoms with Crippen molar-refractivity contribution in [2.24, 2.45) is 13.0 Å². The van der Waals surface area contributed by atoms with Crippen molar-refractivity contribution in [2.75, 3.05) is 14.1 Å². The van der Waals surface area contributed by atoms with E-state index in [-0.39, 0.29) is 31.4 Å². The molecule has 0 unspecified atom stereocenters. The zero-order chi connectivity index (χ0) is 30.3. The second-order valence-corrected chi connectivity index (χ2v) is 11.2. The van der Waals surface area contributed by atoms with Crippen molar-refractivity contribution in [1.29, 1.82) is 0 Å². The topological polar surface area (TPSA) is 143 Å². The van der Waals surface area contributed by atoms with Gasteiger partial charge >= 0.3 is 11.8 Å². The monoisotopic (exact) mass is 579 g/mol. The third-order valence-electron chi connectivity index (χ3n) is 8.74. The molecule has 2 aliphatic heterocycles. The van der Waals surface area contributed by atoms with Crippen molar-refractivity contribution in [3.8, 4) is 5.75 Å². The number of carbonyl (C=O) groups is 3. The van der Waals surface area contributed by atoms with E-state index in [1.54, 1.807) is 25.0 Å². The van der Waals surface area contributed by atoms with Crippen molar-refractivity contribution in [3.05, 3.63) is 75.0 Å². The molecule has 4 heterocycles. The number of fused-ring (bicyclic) bond motifs is 2. The molecule has 3 aromatic rings. The molecule has 12 nitrogen and oxygen atoms in total. The van der Waals surface area contributed by atoms with Crippen LogP contribution in [0.5, 0.6) is 5.75 Å². The molecule has 3 amide bonds. The molecular weight excluding hydrogens is 545 g/mol. The molecule has 2 N–H and O–H groups in total. The van der Waals surface area contributed by atoms with E-state index >= 15 is 0 Å². The van der Waals surface area contributed by atoms with Gasteiger partial charge in [-0.05, 0) is 56.2 Å². The quantitative estimate of drug-likeness (QED) is 0.422. The molecule has 13 heteroatoms. The summed E-state index contributed by atoms with van der Waals surface area (Å²) in [6.45, 7) is 2.36. The van der Waals surface area contributed by atoms with Crippen molar-refractivity contribution < 1.29 is 23.9 Å². The lowest BCUT2D eigenvalue weighted by Gasteiger charge is -2.43. The molecule has 42 heavy (non-hydrogen) atoms. The number of likely N-dealkylation sites (N-methyl/N-ethyl adjacent to an activating group) is 2. The van der Waals surface area contributed by atoms with Crippen molar-refractivity contribution >= 4 is 17.7 Å². The number of carbonyl (C=O) groups excluding carboxylic acids is 3. The van der Waals surface area contributed by atoms with Gasteiger partial charge in [0, 0.05) is 52.0 Å². The van der Waals surface area contributed by atoms with E-state index in [4.69, 9.17) is 0 Å². The molecule has 222 valence electrons. The fraction of sp³-hybridized carbons (Fsp3) is 0.448. The first kappa shape index (κ1) is 29.0. The third kappa shape index (κ3) is 5.03. The first-order chi connectivity index (χ1) is 19.9. The SMILES string of the molecule is Cc1c(CN(C)C(=O)C(=O)N(C)C23CCC(CC2)Cn2c3nc(C(=O)NCc3ccc(F)cc3)c(O)c2=O)cnn1C. The summed E-state index contributed by atoms with van der Waals surface area (Å²) >= 11 is 0. The zero-order valence-electron chi connectivity index (χ0n) is 24.1. The molecule has 1 aliphatic carbocycles. The Morgan fingerprint density at radius 1 is 1.14 bits per heavy atom. The van der Waals surface area contributed by atoms with Crippen LogP contribution >= 0.6 is 0 Å². The minimum Gasteiger partial charge on any atom is -0.501 e. The number of aryl methyl sites for hydroxylation is 1. The van der Waals surface area contributed by atoms with Gasteiger partial charge in [0.1, 0.15) is 17.2 Å². The molecule has 3 aliphatic rings. The zero-order valence-corrected chi connectivity index (χ0v) is 24.1. The van der Waals surface area contributed by atoms with Gasteiger partial charge in [0.25, 0.3) is 11.5 Å². The van der Waals surface area contributed by atoms with Crippen LogP contribution in [0.1, 0.15) is 58.8 Å². The van der Waals surface area contributed by atoms with Gasteiger partial charge < -0.3 is 20.2 Å². The summed E-state index contributed by atoms with van der Waals surface area (Å²) < 4.78 is 16.3. The van der Waals surface area contributed by atoms with Gasteiger partial charge in [-0.15, -0.1) is 0 Å². The number of benzene rings is 1. The highest BCUT2D eigenvalue weighted by Gasteiger charge is 2.50. The minimum absolute atomic E-state index is 0.0154. The van der Waals surface area contributed by atoms with Gasteiger partial charge in [-0.25, -0.2) is 9.37 Å².